The fourth-order valence-corrected chi connectivity index (χ4v) is 3.81. The first-order valence-corrected chi connectivity index (χ1v) is 7.75. The lowest BCUT2D eigenvalue weighted by Crippen LogP contribution is -2.58. The van der Waals surface area contributed by atoms with Gasteiger partial charge in [-0.1, -0.05) is 13.8 Å². The van der Waals surface area contributed by atoms with Crippen LogP contribution in [0.5, 0.6) is 0 Å². The van der Waals surface area contributed by atoms with Gasteiger partial charge in [-0.2, -0.15) is 12.7 Å². The Labute approximate surface area is 105 Å². The first-order valence-electron chi connectivity index (χ1n) is 6.31. The average Bonchev–Trinajstić information content (AvgIpc) is 2.30. The van der Waals surface area contributed by atoms with E-state index in [4.69, 9.17) is 5.73 Å². The third kappa shape index (κ3) is 3.19. The Kier molecular flexibility index (Phi) is 4.95. The van der Waals surface area contributed by atoms with Gasteiger partial charge in [0.1, 0.15) is 0 Å². The largest absolute Gasteiger partial charge is 0.329 e. The Morgan fingerprint density at radius 2 is 1.94 bits per heavy atom. The smallest absolute Gasteiger partial charge is 0.279 e. The maximum atomic E-state index is 12.0. The zero-order valence-electron chi connectivity index (χ0n) is 11.1. The second-order valence-electron chi connectivity index (χ2n) is 5.08. The lowest BCUT2D eigenvalue weighted by Gasteiger charge is -2.44. The van der Waals surface area contributed by atoms with Gasteiger partial charge in [0.2, 0.25) is 0 Å². The van der Waals surface area contributed by atoms with E-state index in [-0.39, 0.29) is 0 Å². The molecule has 1 saturated carbocycles. The van der Waals surface area contributed by atoms with E-state index in [1.165, 1.54) is 4.31 Å². The Bertz CT molecular complexity index is 335. The molecule has 0 amide bonds. The van der Waals surface area contributed by atoms with Crippen molar-refractivity contribution in [3.63, 3.8) is 0 Å². The van der Waals surface area contributed by atoms with Crippen LogP contribution in [0.25, 0.3) is 0 Å². The zero-order valence-corrected chi connectivity index (χ0v) is 11.9. The Hall–Kier alpha value is -0.170. The monoisotopic (exact) mass is 263 g/mol. The molecule has 17 heavy (non-hydrogen) atoms. The predicted molar refractivity (Wildman–Crippen MR) is 69.8 cm³/mol. The van der Waals surface area contributed by atoms with Gasteiger partial charge in [0.25, 0.3) is 10.2 Å². The number of nitrogens with two attached hydrogens (primary N) is 1. The van der Waals surface area contributed by atoms with E-state index < -0.39 is 15.7 Å². The summed E-state index contributed by atoms with van der Waals surface area (Å²) in [5.74, 6) is 0.671. The lowest BCUT2D eigenvalue weighted by atomic mass is 9.77. The number of nitrogens with one attached hydrogen (secondary N) is 1. The van der Waals surface area contributed by atoms with Gasteiger partial charge in [-0.3, -0.25) is 0 Å². The maximum Gasteiger partial charge on any atom is 0.279 e. The molecule has 0 heterocycles. The number of nitrogens with zero attached hydrogens (tertiary/aromatic N) is 1. The second-order valence-corrected chi connectivity index (χ2v) is 6.87. The standard InChI is InChI=1S/C11H25N3O2S/c1-4-13-17(15,16)14(3)11(9-12)7-5-10(2)6-8-11/h10,13H,4-9,12H2,1-3H3. The van der Waals surface area contributed by atoms with Crippen molar-refractivity contribution in [1.29, 1.82) is 0 Å². The molecule has 1 fully saturated rings. The van der Waals surface area contributed by atoms with Crippen molar-refractivity contribution < 1.29 is 8.42 Å². The molecule has 6 heteroatoms. The molecule has 0 aromatic heterocycles. The van der Waals surface area contributed by atoms with Crippen LogP contribution in [0, 0.1) is 5.92 Å². The number of rotatable bonds is 5. The van der Waals surface area contributed by atoms with E-state index in [1.54, 1.807) is 14.0 Å². The summed E-state index contributed by atoms with van der Waals surface area (Å²) in [6.45, 7) is 4.78. The molecule has 0 saturated heterocycles. The molecule has 3 N–H and O–H groups in total. The number of likely N-dealkylation sites (N-methyl/N-ethyl adjacent to an activating group) is 1. The Morgan fingerprint density at radius 1 is 1.41 bits per heavy atom. The highest BCUT2D eigenvalue weighted by Crippen LogP contribution is 2.36. The normalized spacial score (nSPS) is 30.8. The van der Waals surface area contributed by atoms with Crippen LogP contribution in [-0.4, -0.2) is 38.4 Å². The van der Waals surface area contributed by atoms with Gasteiger partial charge in [-0.25, -0.2) is 4.72 Å². The zero-order chi connectivity index (χ0) is 13.1. The van der Waals surface area contributed by atoms with Gasteiger partial charge < -0.3 is 5.73 Å². The molecular weight excluding hydrogens is 238 g/mol. The quantitative estimate of drug-likeness (QED) is 0.766. The van der Waals surface area contributed by atoms with Gasteiger partial charge in [0.15, 0.2) is 0 Å². The lowest BCUT2D eigenvalue weighted by molar-refractivity contribution is 0.134. The fraction of sp³-hybridized carbons (Fsp3) is 1.00. The minimum absolute atomic E-state index is 0.390. The van der Waals surface area contributed by atoms with Crippen molar-refractivity contribution in [3.05, 3.63) is 0 Å². The summed E-state index contributed by atoms with van der Waals surface area (Å²) in [5, 5.41) is 0. The first-order chi connectivity index (χ1) is 7.88. The summed E-state index contributed by atoms with van der Waals surface area (Å²) >= 11 is 0. The van der Waals surface area contributed by atoms with Crippen molar-refractivity contribution in [1.82, 2.24) is 9.03 Å². The highest BCUT2D eigenvalue weighted by Gasteiger charge is 2.41. The highest BCUT2D eigenvalue weighted by atomic mass is 32.2. The fourth-order valence-electron chi connectivity index (χ4n) is 2.48. The van der Waals surface area contributed by atoms with Gasteiger partial charge in [-0.15, -0.1) is 0 Å². The average molecular weight is 263 g/mol. The van der Waals surface area contributed by atoms with Crippen molar-refractivity contribution >= 4 is 10.2 Å². The summed E-state index contributed by atoms with van der Waals surface area (Å²) in [5.41, 5.74) is 5.45. The SMILES string of the molecule is CCNS(=O)(=O)N(C)C1(CN)CCC(C)CC1. The van der Waals surface area contributed by atoms with Crippen LogP contribution >= 0.6 is 0 Å². The van der Waals surface area contributed by atoms with Crippen LogP contribution in [0.1, 0.15) is 39.5 Å². The summed E-state index contributed by atoms with van der Waals surface area (Å²) < 4.78 is 28.1. The molecule has 0 unspecified atom stereocenters. The minimum Gasteiger partial charge on any atom is -0.329 e. The van der Waals surface area contributed by atoms with E-state index in [2.05, 4.69) is 11.6 Å². The summed E-state index contributed by atoms with van der Waals surface area (Å²) in [6.07, 6.45) is 3.80. The molecule has 1 aliphatic carbocycles. The molecular formula is C11H25N3O2S. The predicted octanol–water partition coefficient (Wildman–Crippen LogP) is 0.680. The van der Waals surface area contributed by atoms with Crippen LogP contribution in [0.3, 0.4) is 0 Å². The summed E-state index contributed by atoms with van der Waals surface area (Å²) in [7, 11) is -1.75. The number of hydrogen-bond donors (Lipinski definition) is 2. The highest BCUT2D eigenvalue weighted by molar-refractivity contribution is 7.87. The van der Waals surface area contributed by atoms with Crippen LogP contribution < -0.4 is 10.5 Å². The molecule has 0 radical (unpaired) electrons. The first kappa shape index (κ1) is 14.9. The van der Waals surface area contributed by atoms with Gasteiger partial charge >= 0.3 is 0 Å². The van der Waals surface area contributed by atoms with Gasteiger partial charge in [-0.05, 0) is 31.6 Å². The van der Waals surface area contributed by atoms with Crippen molar-refractivity contribution in [2.24, 2.45) is 11.7 Å². The molecule has 0 aromatic carbocycles. The summed E-state index contributed by atoms with van der Waals surface area (Å²) in [4.78, 5) is 0. The molecule has 0 bridgehead atoms. The molecule has 1 rings (SSSR count). The molecule has 0 atom stereocenters. The van der Waals surface area contributed by atoms with Crippen LogP contribution in [0.4, 0.5) is 0 Å². The van der Waals surface area contributed by atoms with Crippen molar-refractivity contribution in [2.75, 3.05) is 20.1 Å². The Balaban J connectivity index is 2.87. The molecule has 0 aromatic rings. The second kappa shape index (κ2) is 5.65. The van der Waals surface area contributed by atoms with Gasteiger partial charge in [0.05, 0.1) is 0 Å². The van der Waals surface area contributed by atoms with E-state index >= 15 is 0 Å². The topological polar surface area (TPSA) is 75.4 Å². The molecule has 0 spiro atoms. The van der Waals surface area contributed by atoms with E-state index in [0.717, 1.165) is 25.7 Å². The van der Waals surface area contributed by atoms with Crippen molar-refractivity contribution in [2.45, 2.75) is 45.1 Å². The van der Waals surface area contributed by atoms with Crippen molar-refractivity contribution in [3.8, 4) is 0 Å². The summed E-state index contributed by atoms with van der Waals surface area (Å²) in [6, 6.07) is 0. The van der Waals surface area contributed by atoms with Crippen LogP contribution in [0.2, 0.25) is 0 Å². The van der Waals surface area contributed by atoms with Gasteiger partial charge in [0, 0.05) is 25.7 Å². The Morgan fingerprint density at radius 3 is 2.35 bits per heavy atom. The number of hydrogen-bond acceptors (Lipinski definition) is 3. The maximum absolute atomic E-state index is 12.0. The molecule has 102 valence electrons. The molecule has 1 aliphatic rings. The molecule has 5 nitrogen and oxygen atoms in total. The van der Waals surface area contributed by atoms with Crippen LogP contribution in [0.15, 0.2) is 0 Å². The third-order valence-electron chi connectivity index (χ3n) is 3.94. The van der Waals surface area contributed by atoms with Crippen LogP contribution in [-0.2, 0) is 10.2 Å². The van der Waals surface area contributed by atoms with E-state index in [9.17, 15) is 8.42 Å². The van der Waals surface area contributed by atoms with E-state index in [1.807, 2.05) is 0 Å². The van der Waals surface area contributed by atoms with E-state index in [0.29, 0.717) is 19.0 Å². The third-order valence-corrected chi connectivity index (χ3v) is 5.70. The molecule has 0 aliphatic heterocycles. The minimum atomic E-state index is -3.39.